The Hall–Kier alpha value is -3.84. The van der Waals surface area contributed by atoms with Gasteiger partial charge in [-0.05, 0) is 61.4 Å². The number of methoxy groups -OCH3 is 1. The average molecular weight is 779 g/mol. The van der Waals surface area contributed by atoms with Crippen LogP contribution in [0.3, 0.4) is 0 Å². The first-order valence-electron chi connectivity index (χ1n) is 18.0. The summed E-state index contributed by atoms with van der Waals surface area (Å²) >= 11 is 3.63. The first kappa shape index (κ1) is 37.9. The smallest absolute Gasteiger partial charge is 0.313 e. The lowest BCUT2D eigenvalue weighted by atomic mass is 9.74. The first-order chi connectivity index (χ1) is 24.9. The van der Waals surface area contributed by atoms with Crippen molar-refractivity contribution in [3.8, 4) is 0 Å². The number of fused-ring (bicyclic) bond motifs is 2. The van der Waals surface area contributed by atoms with Crippen molar-refractivity contribution in [2.24, 2.45) is 17.8 Å². The number of benzene rings is 2. The molecule has 2 aromatic carbocycles. The Morgan fingerprint density at radius 3 is 2.48 bits per heavy atom. The third kappa shape index (κ3) is 6.98. The maximum atomic E-state index is 15.3. The monoisotopic (exact) mass is 777 g/mol. The van der Waals surface area contributed by atoms with Crippen molar-refractivity contribution in [2.75, 3.05) is 31.8 Å². The van der Waals surface area contributed by atoms with Crippen LogP contribution in [0.15, 0.2) is 71.2 Å². The second-order valence-corrected chi connectivity index (χ2v) is 15.6. The molecule has 6 rings (SSSR count). The zero-order valence-electron chi connectivity index (χ0n) is 30.3. The maximum Gasteiger partial charge on any atom is 0.313 e. The molecule has 2 aromatic rings. The Labute approximate surface area is 313 Å². The van der Waals surface area contributed by atoms with Gasteiger partial charge in [0.15, 0.2) is 0 Å². The molecular formula is C40H48BrN3O8. The zero-order chi connectivity index (χ0) is 37.3. The van der Waals surface area contributed by atoms with Gasteiger partial charge in [-0.3, -0.25) is 19.2 Å². The number of hydrogen-bond donors (Lipinski definition) is 2. The predicted octanol–water partition coefficient (Wildman–Crippen LogP) is 4.68. The number of hydrogen-bond acceptors (Lipinski definition) is 8. The standard InChI is InChI=1S/C40H48BrN3O8/c1-23(2)18-27(21-45)44-36-38(48)43(30-19-24(3)15-16-25(30)4)17-11-7-10-14-31(46)42-29(22-50-5)34(26-12-8-6-9-13-26)51-39(49)32-33(37(44)47)40(36)20-28(41)35(32)52-40/h6-9,11-13,15-16,19-20,23,27,29,32-36,45H,10,14,17-18,21-22H2,1-5H3,(H,42,46)/b11-7-/t27-,29-,32+,33-,34-,35+,36+,40-/m1/s1. The highest BCUT2D eigenvalue weighted by molar-refractivity contribution is 9.11. The van der Waals surface area contributed by atoms with Crippen LogP contribution >= 0.6 is 15.9 Å². The fourth-order valence-electron chi connectivity index (χ4n) is 8.29. The number of ether oxygens (including phenoxy) is 3. The van der Waals surface area contributed by atoms with Gasteiger partial charge in [-0.25, -0.2) is 0 Å². The first-order valence-corrected chi connectivity index (χ1v) is 18.8. The van der Waals surface area contributed by atoms with Gasteiger partial charge in [0.2, 0.25) is 11.8 Å². The fourth-order valence-corrected chi connectivity index (χ4v) is 9.02. The minimum Gasteiger partial charge on any atom is -0.455 e. The van der Waals surface area contributed by atoms with E-state index in [1.807, 2.05) is 88.4 Å². The summed E-state index contributed by atoms with van der Waals surface area (Å²) in [7, 11) is 1.51. The van der Waals surface area contributed by atoms with Gasteiger partial charge in [-0.1, -0.05) is 84.4 Å². The Balaban J connectivity index is 1.53. The summed E-state index contributed by atoms with van der Waals surface area (Å²) in [5.41, 5.74) is 1.58. The van der Waals surface area contributed by atoms with Crippen LogP contribution in [0.1, 0.15) is 55.9 Å². The third-order valence-corrected chi connectivity index (χ3v) is 11.2. The van der Waals surface area contributed by atoms with Crippen LogP contribution in [0.5, 0.6) is 0 Å². The number of carbonyl (C=O) groups is 4. The largest absolute Gasteiger partial charge is 0.455 e. The Morgan fingerprint density at radius 1 is 1.04 bits per heavy atom. The number of cyclic esters (lactones) is 1. The van der Waals surface area contributed by atoms with E-state index in [1.54, 1.807) is 11.0 Å². The molecule has 0 aliphatic carbocycles. The lowest BCUT2D eigenvalue weighted by Crippen LogP contribution is -2.59. The minimum absolute atomic E-state index is 0.0530. The van der Waals surface area contributed by atoms with Gasteiger partial charge < -0.3 is 34.4 Å². The zero-order valence-corrected chi connectivity index (χ0v) is 31.9. The van der Waals surface area contributed by atoms with E-state index in [-0.39, 0.29) is 38.0 Å². The molecule has 4 aliphatic rings. The number of amides is 3. The Kier molecular flexibility index (Phi) is 11.4. The average Bonchev–Trinajstić information content (AvgIpc) is 3.71. The molecule has 0 aromatic heterocycles. The van der Waals surface area contributed by atoms with Gasteiger partial charge in [0.1, 0.15) is 29.8 Å². The highest BCUT2D eigenvalue weighted by Crippen LogP contribution is 2.59. The van der Waals surface area contributed by atoms with Crippen LogP contribution in [0, 0.1) is 31.6 Å². The molecule has 0 unspecified atom stereocenters. The van der Waals surface area contributed by atoms with E-state index in [4.69, 9.17) is 14.2 Å². The van der Waals surface area contributed by atoms with Crippen LogP contribution < -0.4 is 10.2 Å². The fraction of sp³-hybridized carbons (Fsp3) is 0.500. The van der Waals surface area contributed by atoms with E-state index >= 15 is 4.79 Å². The van der Waals surface area contributed by atoms with Crippen molar-refractivity contribution < 1.29 is 38.5 Å². The number of likely N-dealkylation sites (tertiary alicyclic amines) is 1. The van der Waals surface area contributed by atoms with Crippen molar-refractivity contribution in [2.45, 2.75) is 82.9 Å². The molecule has 8 atom stereocenters. The summed E-state index contributed by atoms with van der Waals surface area (Å²) in [4.78, 5) is 61.4. The molecule has 4 heterocycles. The van der Waals surface area contributed by atoms with Crippen molar-refractivity contribution in [1.82, 2.24) is 10.2 Å². The highest BCUT2D eigenvalue weighted by Gasteiger charge is 2.75. The second-order valence-electron chi connectivity index (χ2n) is 14.7. The van der Waals surface area contributed by atoms with E-state index < -0.39 is 65.6 Å². The van der Waals surface area contributed by atoms with Gasteiger partial charge in [-0.15, -0.1) is 0 Å². The third-order valence-electron chi connectivity index (χ3n) is 10.6. The van der Waals surface area contributed by atoms with E-state index in [1.165, 1.54) is 12.0 Å². The van der Waals surface area contributed by atoms with Crippen molar-refractivity contribution in [3.05, 3.63) is 87.9 Å². The van der Waals surface area contributed by atoms with Gasteiger partial charge >= 0.3 is 5.97 Å². The van der Waals surface area contributed by atoms with Gasteiger partial charge in [0, 0.05) is 30.2 Å². The number of aliphatic hydroxyl groups excluding tert-OH is 1. The number of esters is 1. The summed E-state index contributed by atoms with van der Waals surface area (Å²) in [6.07, 6.45) is 4.60. The molecule has 52 heavy (non-hydrogen) atoms. The maximum absolute atomic E-state index is 15.3. The molecule has 0 radical (unpaired) electrons. The van der Waals surface area contributed by atoms with Crippen LogP contribution in [0.25, 0.3) is 0 Å². The minimum atomic E-state index is -1.53. The van der Waals surface area contributed by atoms with E-state index in [9.17, 15) is 19.5 Å². The molecule has 5 bridgehead atoms. The van der Waals surface area contributed by atoms with Crippen LogP contribution in [-0.4, -0.2) is 90.4 Å². The quantitative estimate of drug-likeness (QED) is 0.292. The lowest BCUT2D eigenvalue weighted by Gasteiger charge is -2.39. The van der Waals surface area contributed by atoms with Crippen molar-refractivity contribution in [1.29, 1.82) is 0 Å². The highest BCUT2D eigenvalue weighted by atomic mass is 79.9. The molecular weight excluding hydrogens is 730 g/mol. The number of allylic oxidation sites excluding steroid dienone is 1. The van der Waals surface area contributed by atoms with Gasteiger partial charge in [0.25, 0.3) is 5.91 Å². The van der Waals surface area contributed by atoms with Gasteiger partial charge in [0.05, 0.1) is 31.2 Å². The van der Waals surface area contributed by atoms with E-state index in [0.29, 0.717) is 28.6 Å². The SMILES string of the molecule is COC[C@H]1NC(=O)CC/C=C\CN(c2cc(C)ccc2C)C(=O)[C@@H]2N([C@@H](CO)CC(C)C)C(=O)[C@H]3[C@H](C(=O)O[C@@H]1c1ccccc1)[C@H]1O[C@@]23C=C1Br. The van der Waals surface area contributed by atoms with E-state index in [0.717, 1.165) is 11.1 Å². The number of carbonyl (C=O) groups excluding carboxylic acids is 4. The number of aliphatic hydroxyl groups is 1. The number of anilines is 1. The molecule has 278 valence electrons. The van der Waals surface area contributed by atoms with Crippen molar-refractivity contribution in [3.63, 3.8) is 0 Å². The van der Waals surface area contributed by atoms with Crippen molar-refractivity contribution >= 4 is 45.3 Å². The number of nitrogens with zero attached hydrogens (tertiary/aromatic N) is 2. The predicted molar refractivity (Wildman–Crippen MR) is 198 cm³/mol. The summed E-state index contributed by atoms with van der Waals surface area (Å²) in [5.74, 6) is -3.95. The Bertz CT molecular complexity index is 1750. The molecule has 4 aliphatic heterocycles. The topological polar surface area (TPSA) is 135 Å². The number of rotatable bonds is 8. The second kappa shape index (κ2) is 15.6. The molecule has 2 saturated heterocycles. The lowest BCUT2D eigenvalue weighted by molar-refractivity contribution is -0.162. The molecule has 2 fully saturated rings. The number of nitrogens with one attached hydrogen (secondary N) is 1. The summed E-state index contributed by atoms with van der Waals surface area (Å²) < 4.78 is 19.1. The van der Waals surface area contributed by atoms with Crippen LogP contribution in [0.2, 0.25) is 0 Å². The number of halogens is 1. The Morgan fingerprint density at radius 2 is 1.79 bits per heavy atom. The van der Waals surface area contributed by atoms with Crippen LogP contribution in [0.4, 0.5) is 5.69 Å². The molecule has 1 spiro atoms. The summed E-state index contributed by atoms with van der Waals surface area (Å²) in [6.45, 7) is 7.69. The van der Waals surface area contributed by atoms with Gasteiger partial charge in [-0.2, -0.15) is 0 Å². The molecule has 0 saturated carbocycles. The summed E-state index contributed by atoms with van der Waals surface area (Å²) in [6, 6.07) is 12.3. The normalized spacial score (nSPS) is 30.7. The molecule has 3 amide bonds. The summed E-state index contributed by atoms with van der Waals surface area (Å²) in [5, 5.41) is 13.8. The van der Waals surface area contributed by atoms with E-state index in [2.05, 4.69) is 21.2 Å². The van der Waals surface area contributed by atoms with Crippen LogP contribution in [-0.2, 0) is 33.4 Å². The molecule has 12 heteroatoms. The molecule has 11 nitrogen and oxygen atoms in total. The number of aryl methyl sites for hydroxylation is 2. The molecule has 2 N–H and O–H groups in total.